The number of piperidine rings is 2. The van der Waals surface area contributed by atoms with Crippen LogP contribution < -0.4 is 5.32 Å². The number of benzene rings is 2. The molecule has 2 saturated heterocycles. The zero-order chi connectivity index (χ0) is 29.8. The van der Waals surface area contributed by atoms with Gasteiger partial charge in [0.2, 0.25) is 0 Å². The fourth-order valence-corrected chi connectivity index (χ4v) is 5.64. The molecule has 0 bridgehead atoms. The second-order valence-electron chi connectivity index (χ2n) is 11.6. The molecule has 232 valence electrons. The number of nitrogens with zero attached hydrogens (tertiary/aromatic N) is 1. The summed E-state index contributed by atoms with van der Waals surface area (Å²) in [7, 11) is 2.85. The van der Waals surface area contributed by atoms with Gasteiger partial charge in [-0.2, -0.15) is 0 Å². The molecule has 4 unspecified atom stereocenters. The molecule has 2 aliphatic rings. The van der Waals surface area contributed by atoms with Crippen molar-refractivity contribution < 1.29 is 28.6 Å². The summed E-state index contributed by atoms with van der Waals surface area (Å²) in [5.74, 6) is -1.14. The minimum Gasteiger partial charge on any atom is -0.469 e. The number of amides is 1. The number of rotatable bonds is 6. The van der Waals surface area contributed by atoms with Crippen LogP contribution in [0.15, 0.2) is 60.7 Å². The smallest absolute Gasteiger partial charge is 0.410 e. The molecule has 4 atom stereocenters. The first kappa shape index (κ1) is 35.1. The lowest BCUT2D eigenvalue weighted by atomic mass is 9.85. The highest BCUT2D eigenvalue weighted by Crippen LogP contribution is 2.33. The summed E-state index contributed by atoms with van der Waals surface area (Å²) >= 11 is 0. The van der Waals surface area contributed by atoms with Crippen LogP contribution in [-0.2, 0) is 23.8 Å². The molecule has 0 radical (unpaired) electrons. The van der Waals surface area contributed by atoms with Gasteiger partial charge in [-0.05, 0) is 70.5 Å². The summed E-state index contributed by atoms with van der Waals surface area (Å²) in [5, 5.41) is 3.43. The number of likely N-dealkylation sites (tertiary alicyclic amines) is 1. The van der Waals surface area contributed by atoms with Crippen molar-refractivity contribution in [2.45, 2.75) is 88.8 Å². The van der Waals surface area contributed by atoms with Crippen LogP contribution in [0.1, 0.15) is 82.3 Å². The number of hydrogen-bond donors (Lipinski definition) is 1. The molecule has 0 spiro atoms. The topological polar surface area (TPSA) is 94.2 Å². The van der Waals surface area contributed by atoms with E-state index in [1.165, 1.54) is 27.1 Å². The van der Waals surface area contributed by atoms with E-state index >= 15 is 0 Å². The summed E-state index contributed by atoms with van der Waals surface area (Å²) in [6.07, 6.45) is 5.69. The zero-order valence-electron chi connectivity index (χ0n) is 25.5. The number of ether oxygens (including phenoxy) is 3. The predicted molar refractivity (Wildman–Crippen MR) is 166 cm³/mol. The van der Waals surface area contributed by atoms with E-state index in [2.05, 4.69) is 5.32 Å². The van der Waals surface area contributed by atoms with Crippen LogP contribution in [0.4, 0.5) is 4.79 Å². The third-order valence-corrected chi connectivity index (χ3v) is 7.54. The average molecular weight is 603 g/mol. The molecule has 1 amide bonds. The van der Waals surface area contributed by atoms with E-state index in [1.807, 2.05) is 81.4 Å². The Bertz CT molecular complexity index is 1100. The molecule has 2 aromatic rings. The lowest BCUT2D eigenvalue weighted by molar-refractivity contribution is -0.145. The molecule has 0 aliphatic carbocycles. The number of nitrogens with one attached hydrogen (secondary N) is 1. The minimum absolute atomic E-state index is 0. The first-order chi connectivity index (χ1) is 19.7. The third kappa shape index (κ3) is 10.0. The largest absolute Gasteiger partial charge is 0.469 e. The lowest BCUT2D eigenvalue weighted by Gasteiger charge is -2.40. The number of esters is 2. The maximum Gasteiger partial charge on any atom is 0.410 e. The van der Waals surface area contributed by atoms with Gasteiger partial charge < -0.3 is 24.4 Å². The van der Waals surface area contributed by atoms with E-state index < -0.39 is 11.5 Å². The Morgan fingerprint density at radius 2 is 1.31 bits per heavy atom. The second-order valence-corrected chi connectivity index (χ2v) is 11.6. The van der Waals surface area contributed by atoms with Gasteiger partial charge in [0.05, 0.1) is 26.2 Å². The summed E-state index contributed by atoms with van der Waals surface area (Å²) in [6, 6.07) is 19.4. The van der Waals surface area contributed by atoms with Crippen LogP contribution in [0.3, 0.4) is 0 Å². The molecule has 4 rings (SSSR count). The van der Waals surface area contributed by atoms with Crippen molar-refractivity contribution >= 4 is 30.4 Å². The van der Waals surface area contributed by atoms with Gasteiger partial charge in [-0.1, -0.05) is 67.1 Å². The van der Waals surface area contributed by atoms with Crippen molar-refractivity contribution in [3.05, 3.63) is 71.8 Å². The van der Waals surface area contributed by atoms with Crippen LogP contribution in [0, 0.1) is 0 Å². The highest BCUT2D eigenvalue weighted by Gasteiger charge is 2.40. The maximum atomic E-state index is 12.6. The van der Waals surface area contributed by atoms with E-state index in [9.17, 15) is 14.4 Å². The molecular formula is C33H47ClN2O6. The molecule has 0 aromatic heterocycles. The van der Waals surface area contributed by atoms with E-state index in [4.69, 9.17) is 14.2 Å². The Morgan fingerprint density at radius 3 is 1.81 bits per heavy atom. The van der Waals surface area contributed by atoms with E-state index in [0.717, 1.165) is 43.4 Å². The first-order valence-electron chi connectivity index (χ1n) is 14.6. The Kier molecular flexibility index (Phi) is 14.3. The van der Waals surface area contributed by atoms with E-state index in [-0.39, 0.29) is 48.4 Å². The van der Waals surface area contributed by atoms with Crippen molar-refractivity contribution in [3.63, 3.8) is 0 Å². The van der Waals surface area contributed by atoms with Crippen molar-refractivity contribution in [2.24, 2.45) is 0 Å². The molecule has 8 nitrogen and oxygen atoms in total. The highest BCUT2D eigenvalue weighted by molar-refractivity contribution is 5.85. The molecule has 2 aliphatic heterocycles. The van der Waals surface area contributed by atoms with Gasteiger partial charge in [-0.25, -0.2) is 4.79 Å². The van der Waals surface area contributed by atoms with Crippen molar-refractivity contribution in [1.29, 1.82) is 0 Å². The molecule has 2 aromatic carbocycles. The van der Waals surface area contributed by atoms with Crippen LogP contribution in [-0.4, -0.2) is 67.9 Å². The molecular weight excluding hydrogens is 556 g/mol. The molecule has 2 heterocycles. The predicted octanol–water partition coefficient (Wildman–Crippen LogP) is 6.24. The zero-order valence-corrected chi connectivity index (χ0v) is 26.4. The number of halogens is 1. The number of hydrogen-bond acceptors (Lipinski definition) is 7. The molecule has 9 heteroatoms. The molecule has 42 heavy (non-hydrogen) atoms. The van der Waals surface area contributed by atoms with Gasteiger partial charge >= 0.3 is 18.0 Å². The number of methoxy groups -OCH3 is 2. The Balaban J connectivity index is 0.000000302. The SMILES string of the molecule is COC(=O)C(c1ccccc1)C1CCCCN1.COC(=O)C(c1ccccc1)C1CCCCN1C(=O)OC(C)(C)C.Cl. The quantitative estimate of drug-likeness (QED) is 0.309. The average Bonchev–Trinajstić information content (AvgIpc) is 2.98. The van der Waals surface area contributed by atoms with Crippen molar-refractivity contribution in [1.82, 2.24) is 10.2 Å². The lowest BCUT2D eigenvalue weighted by Crippen LogP contribution is -2.50. The summed E-state index contributed by atoms with van der Waals surface area (Å²) < 4.78 is 15.5. The molecule has 0 saturated carbocycles. The van der Waals surface area contributed by atoms with Crippen LogP contribution >= 0.6 is 12.4 Å². The Hall–Kier alpha value is -3.10. The fourth-order valence-electron chi connectivity index (χ4n) is 5.64. The maximum absolute atomic E-state index is 12.6. The second kappa shape index (κ2) is 17.1. The van der Waals surface area contributed by atoms with Gasteiger partial charge in [-0.15, -0.1) is 12.4 Å². The van der Waals surface area contributed by atoms with Gasteiger partial charge in [0.15, 0.2) is 0 Å². The minimum atomic E-state index is -0.563. The standard InChI is InChI=1S/C19H27NO4.C14H19NO2.ClH/c1-19(2,3)24-18(22)20-13-9-8-12-15(20)16(17(21)23-4)14-10-6-5-7-11-14;1-17-14(16)13(11-7-3-2-4-8-11)12-9-5-6-10-15-12;/h5-7,10-11,15-16H,8-9,12-13H2,1-4H3;2-4,7-8,12-13,15H,5-6,9-10H2,1H3;1H. The Morgan fingerprint density at radius 1 is 0.786 bits per heavy atom. The summed E-state index contributed by atoms with van der Waals surface area (Å²) in [6.45, 7) is 7.13. The fraction of sp³-hybridized carbons (Fsp3) is 0.545. The summed E-state index contributed by atoms with van der Waals surface area (Å²) in [5.41, 5.74) is 1.34. The van der Waals surface area contributed by atoms with Crippen LogP contribution in [0.25, 0.3) is 0 Å². The van der Waals surface area contributed by atoms with Crippen molar-refractivity contribution in [2.75, 3.05) is 27.3 Å². The number of carbonyl (C=O) groups is 3. The first-order valence-corrected chi connectivity index (χ1v) is 14.6. The molecule has 1 N–H and O–H groups in total. The normalized spacial score (nSPS) is 20.0. The van der Waals surface area contributed by atoms with Gasteiger partial charge in [0.1, 0.15) is 11.5 Å². The van der Waals surface area contributed by atoms with E-state index in [1.54, 1.807) is 4.90 Å². The van der Waals surface area contributed by atoms with Crippen LogP contribution in [0.2, 0.25) is 0 Å². The van der Waals surface area contributed by atoms with Crippen LogP contribution in [0.5, 0.6) is 0 Å². The molecule has 2 fully saturated rings. The third-order valence-electron chi connectivity index (χ3n) is 7.54. The van der Waals surface area contributed by atoms with Crippen molar-refractivity contribution in [3.8, 4) is 0 Å². The Labute approximate surface area is 256 Å². The summed E-state index contributed by atoms with van der Waals surface area (Å²) in [4.78, 5) is 38.7. The number of carbonyl (C=O) groups excluding carboxylic acids is 3. The van der Waals surface area contributed by atoms with E-state index in [0.29, 0.717) is 6.54 Å². The highest BCUT2D eigenvalue weighted by atomic mass is 35.5. The van der Waals surface area contributed by atoms with Gasteiger partial charge in [-0.3, -0.25) is 9.59 Å². The monoisotopic (exact) mass is 602 g/mol. The van der Waals surface area contributed by atoms with Gasteiger partial charge in [0.25, 0.3) is 0 Å². The van der Waals surface area contributed by atoms with Gasteiger partial charge in [0, 0.05) is 12.6 Å².